The van der Waals surface area contributed by atoms with Crippen LogP contribution >= 0.6 is 15.9 Å². The van der Waals surface area contributed by atoms with Crippen molar-refractivity contribution in [3.63, 3.8) is 0 Å². The number of nitrogens with zero attached hydrogens (tertiary/aromatic N) is 1. The molecule has 0 fully saturated rings. The number of imidazole rings is 1. The van der Waals surface area contributed by atoms with Gasteiger partial charge in [-0.1, -0.05) is 52.8 Å². The van der Waals surface area contributed by atoms with E-state index in [4.69, 9.17) is 0 Å². The van der Waals surface area contributed by atoms with Gasteiger partial charge in [0.2, 0.25) is 0 Å². The Bertz CT molecular complexity index is 729. The van der Waals surface area contributed by atoms with Crippen LogP contribution in [0.25, 0.3) is 22.4 Å². The average Bonchev–Trinajstić information content (AvgIpc) is 2.78. The van der Waals surface area contributed by atoms with Gasteiger partial charge in [0.25, 0.3) is 5.82 Å². The number of rotatable bonds is 3. The molecule has 0 aliphatic carbocycles. The molecule has 3 heteroatoms. The number of benzene rings is 2. The number of nitrogens with one attached hydrogen (secondary N) is 1. The Labute approximate surface area is 120 Å². The lowest BCUT2D eigenvalue weighted by Crippen LogP contribution is -2.35. The summed E-state index contributed by atoms with van der Waals surface area (Å²) >= 11 is 3.46. The van der Waals surface area contributed by atoms with Crippen LogP contribution in [-0.2, 0) is 6.54 Å². The number of allylic oxidation sites excluding steroid dienone is 1. The van der Waals surface area contributed by atoms with Crippen LogP contribution in [0.4, 0.5) is 0 Å². The second-order valence-electron chi connectivity index (χ2n) is 4.46. The van der Waals surface area contributed by atoms with Crippen molar-refractivity contribution in [2.45, 2.75) is 6.54 Å². The summed E-state index contributed by atoms with van der Waals surface area (Å²) in [7, 11) is 0. The Kier molecular flexibility index (Phi) is 3.22. The molecule has 0 atom stereocenters. The number of fused-ring (bicyclic) bond motifs is 1. The normalized spacial score (nSPS) is 10.8. The smallest absolute Gasteiger partial charge is 0.236 e. The average molecular weight is 314 g/mol. The zero-order valence-electron chi connectivity index (χ0n) is 10.4. The van der Waals surface area contributed by atoms with Gasteiger partial charge in [0.05, 0.1) is 5.56 Å². The molecule has 0 aliphatic rings. The molecular weight excluding hydrogens is 300 g/mol. The van der Waals surface area contributed by atoms with E-state index < -0.39 is 0 Å². The number of para-hydroxylation sites is 2. The number of aromatic amines is 1. The molecule has 0 unspecified atom stereocenters. The standard InChI is InChI=1S/C16H13BrN2/c1-12(17)11-19-15-10-6-5-9-14(15)18-16(19)13-7-3-2-4-8-13/h2-10H,1,11H2/p+1. The van der Waals surface area contributed by atoms with E-state index in [-0.39, 0.29) is 0 Å². The first kappa shape index (κ1) is 12.2. The Morgan fingerprint density at radius 1 is 1.05 bits per heavy atom. The lowest BCUT2D eigenvalue weighted by molar-refractivity contribution is -0.650. The fraction of sp³-hybridized carbons (Fsp3) is 0.0625. The molecule has 3 aromatic rings. The maximum Gasteiger partial charge on any atom is 0.287 e. The van der Waals surface area contributed by atoms with Gasteiger partial charge in [-0.05, 0) is 24.3 Å². The van der Waals surface area contributed by atoms with Gasteiger partial charge >= 0.3 is 0 Å². The summed E-state index contributed by atoms with van der Waals surface area (Å²) in [6, 6.07) is 18.7. The summed E-state index contributed by atoms with van der Waals surface area (Å²) in [6.07, 6.45) is 0. The third-order valence-electron chi connectivity index (χ3n) is 3.09. The third kappa shape index (κ3) is 2.34. The van der Waals surface area contributed by atoms with E-state index in [1.165, 1.54) is 11.1 Å². The Morgan fingerprint density at radius 2 is 1.74 bits per heavy atom. The van der Waals surface area contributed by atoms with E-state index in [0.29, 0.717) is 0 Å². The van der Waals surface area contributed by atoms with Crippen molar-refractivity contribution in [3.05, 3.63) is 65.7 Å². The highest BCUT2D eigenvalue weighted by atomic mass is 79.9. The van der Waals surface area contributed by atoms with Crippen LogP contribution < -0.4 is 4.57 Å². The predicted molar refractivity (Wildman–Crippen MR) is 82.0 cm³/mol. The number of aromatic nitrogens is 2. The van der Waals surface area contributed by atoms with Crippen molar-refractivity contribution in [3.8, 4) is 11.4 Å². The Morgan fingerprint density at radius 3 is 2.47 bits per heavy atom. The van der Waals surface area contributed by atoms with Crippen LogP contribution in [0.2, 0.25) is 0 Å². The molecule has 1 aromatic heterocycles. The van der Waals surface area contributed by atoms with Crippen LogP contribution in [0.15, 0.2) is 65.7 Å². The monoisotopic (exact) mass is 313 g/mol. The summed E-state index contributed by atoms with van der Waals surface area (Å²) in [5.41, 5.74) is 3.49. The van der Waals surface area contributed by atoms with E-state index in [2.05, 4.69) is 62.4 Å². The van der Waals surface area contributed by atoms with Gasteiger partial charge in [-0.25, -0.2) is 9.55 Å². The first-order chi connectivity index (χ1) is 9.25. The molecule has 0 saturated heterocycles. The molecular formula is C16H14BrN2+. The van der Waals surface area contributed by atoms with Gasteiger partial charge in [-0.15, -0.1) is 0 Å². The van der Waals surface area contributed by atoms with Crippen LogP contribution in [-0.4, -0.2) is 4.98 Å². The van der Waals surface area contributed by atoms with Crippen molar-refractivity contribution in [2.75, 3.05) is 0 Å². The lowest BCUT2D eigenvalue weighted by Gasteiger charge is -2.00. The van der Waals surface area contributed by atoms with Gasteiger partial charge in [-0.2, -0.15) is 0 Å². The van der Waals surface area contributed by atoms with E-state index >= 15 is 0 Å². The lowest BCUT2D eigenvalue weighted by atomic mass is 10.2. The van der Waals surface area contributed by atoms with E-state index in [9.17, 15) is 0 Å². The van der Waals surface area contributed by atoms with Crippen LogP contribution in [0.1, 0.15) is 0 Å². The number of H-pyrrole nitrogens is 1. The van der Waals surface area contributed by atoms with Crippen molar-refractivity contribution < 1.29 is 4.57 Å². The molecule has 3 rings (SSSR count). The highest BCUT2D eigenvalue weighted by Crippen LogP contribution is 2.19. The molecule has 0 bridgehead atoms. The minimum absolute atomic E-state index is 0.744. The van der Waals surface area contributed by atoms with E-state index in [1.54, 1.807) is 0 Å². The molecule has 2 aromatic carbocycles. The summed E-state index contributed by atoms with van der Waals surface area (Å²) in [5, 5.41) is 0. The maximum absolute atomic E-state index is 3.95. The number of hydrogen-bond acceptors (Lipinski definition) is 0. The van der Waals surface area contributed by atoms with Gasteiger partial charge in [0, 0.05) is 4.48 Å². The quantitative estimate of drug-likeness (QED) is 0.704. The first-order valence-electron chi connectivity index (χ1n) is 6.15. The Balaban J connectivity index is 2.26. The first-order valence-corrected chi connectivity index (χ1v) is 6.94. The Hall–Kier alpha value is -1.87. The maximum atomic E-state index is 3.95. The summed E-state index contributed by atoms with van der Waals surface area (Å²) in [4.78, 5) is 3.49. The van der Waals surface area contributed by atoms with Crippen LogP contribution in [0, 0.1) is 0 Å². The highest BCUT2D eigenvalue weighted by molar-refractivity contribution is 9.11. The molecule has 0 saturated carbocycles. The fourth-order valence-corrected chi connectivity index (χ4v) is 2.54. The number of hydrogen-bond donors (Lipinski definition) is 1. The minimum Gasteiger partial charge on any atom is -0.236 e. The zero-order chi connectivity index (χ0) is 13.2. The van der Waals surface area contributed by atoms with Crippen LogP contribution in [0.3, 0.4) is 0 Å². The SMILES string of the molecule is C=C(Br)C[n+]1c(-c2ccccc2)[nH]c2ccccc21. The van der Waals surface area contributed by atoms with Crippen LogP contribution in [0.5, 0.6) is 0 Å². The van der Waals surface area contributed by atoms with Gasteiger partial charge < -0.3 is 0 Å². The summed E-state index contributed by atoms with van der Waals surface area (Å²) < 4.78 is 3.20. The second kappa shape index (κ2) is 5.02. The molecule has 1 N–H and O–H groups in total. The van der Waals surface area contributed by atoms with Gasteiger partial charge in [0.15, 0.2) is 11.0 Å². The van der Waals surface area contributed by atoms with Crippen molar-refractivity contribution >= 4 is 27.0 Å². The van der Waals surface area contributed by atoms with Gasteiger partial charge in [-0.3, -0.25) is 0 Å². The van der Waals surface area contributed by atoms with E-state index in [1.807, 2.05) is 24.3 Å². The largest absolute Gasteiger partial charge is 0.287 e. The molecule has 2 nitrogen and oxygen atoms in total. The summed E-state index contributed by atoms with van der Waals surface area (Å²) in [6.45, 7) is 4.70. The molecule has 0 spiro atoms. The topological polar surface area (TPSA) is 19.7 Å². The van der Waals surface area contributed by atoms with Crippen molar-refractivity contribution in [1.82, 2.24) is 4.98 Å². The predicted octanol–water partition coefficient (Wildman–Crippen LogP) is 4.03. The number of halogens is 1. The van der Waals surface area contributed by atoms with Crippen molar-refractivity contribution in [2.24, 2.45) is 0 Å². The summed E-state index contributed by atoms with van der Waals surface area (Å²) in [5.74, 6) is 1.10. The van der Waals surface area contributed by atoms with E-state index in [0.717, 1.165) is 22.4 Å². The molecule has 94 valence electrons. The van der Waals surface area contributed by atoms with Crippen molar-refractivity contribution in [1.29, 1.82) is 0 Å². The molecule has 1 heterocycles. The molecule has 0 aliphatic heterocycles. The molecule has 0 amide bonds. The highest BCUT2D eigenvalue weighted by Gasteiger charge is 2.19. The third-order valence-corrected chi connectivity index (χ3v) is 3.35. The molecule has 0 radical (unpaired) electrons. The fourth-order valence-electron chi connectivity index (χ4n) is 2.29. The zero-order valence-corrected chi connectivity index (χ0v) is 12.0. The van der Waals surface area contributed by atoms with Gasteiger partial charge in [0.1, 0.15) is 6.54 Å². The minimum atomic E-state index is 0.744. The molecule has 19 heavy (non-hydrogen) atoms. The second-order valence-corrected chi connectivity index (χ2v) is 5.58.